The molecule has 4 saturated heterocycles. The molecule has 46 heavy (non-hydrogen) atoms. The van der Waals surface area contributed by atoms with Gasteiger partial charge in [0.1, 0.15) is 85.4 Å². The van der Waals surface area contributed by atoms with E-state index in [0.717, 1.165) is 6.92 Å². The SMILES string of the molecule is CC(=O)N[C@H]1C(O)[C@H](O)C(CO)O[C@H]1O[C@H]1C(O[C@H]2O[C@@H](CO)[C@@H](O)C(O)C2O)[C@@H](O)C(C)O[C@H]1O[C@H]1C(O)[C@@H](O)C(C)O[C@H]1O. The van der Waals surface area contributed by atoms with Gasteiger partial charge in [-0.1, -0.05) is 0 Å². The summed E-state index contributed by atoms with van der Waals surface area (Å²) >= 11 is 0. The largest absolute Gasteiger partial charge is 0.394 e. The Morgan fingerprint density at radius 1 is 0.565 bits per heavy atom. The highest BCUT2D eigenvalue weighted by molar-refractivity contribution is 5.73. The van der Waals surface area contributed by atoms with Crippen molar-refractivity contribution in [2.24, 2.45) is 0 Å². The fourth-order valence-electron chi connectivity index (χ4n) is 5.79. The van der Waals surface area contributed by atoms with Gasteiger partial charge in [0, 0.05) is 6.92 Å². The summed E-state index contributed by atoms with van der Waals surface area (Å²) in [4.78, 5) is 12.0. The van der Waals surface area contributed by atoms with Crippen LogP contribution in [0.5, 0.6) is 0 Å². The first-order chi connectivity index (χ1) is 21.6. The second kappa shape index (κ2) is 15.5. The zero-order valence-corrected chi connectivity index (χ0v) is 25.1. The van der Waals surface area contributed by atoms with Crippen molar-refractivity contribution >= 4 is 5.91 Å². The first kappa shape index (κ1) is 37.6. The number of amides is 1. The van der Waals surface area contributed by atoms with Gasteiger partial charge in [-0.3, -0.25) is 4.79 Å². The van der Waals surface area contributed by atoms with Crippen LogP contribution >= 0.6 is 0 Å². The Hall–Kier alpha value is -1.25. The summed E-state index contributed by atoms with van der Waals surface area (Å²) in [5.41, 5.74) is 0. The second-order valence-corrected chi connectivity index (χ2v) is 11.8. The van der Waals surface area contributed by atoms with Crippen molar-refractivity contribution < 1.29 is 94.1 Å². The fourth-order valence-corrected chi connectivity index (χ4v) is 5.79. The number of hydrogen-bond donors (Lipinski definition) is 12. The summed E-state index contributed by atoms with van der Waals surface area (Å²) < 4.78 is 39.8. The molecule has 4 aliphatic heterocycles. The zero-order chi connectivity index (χ0) is 34.2. The highest BCUT2D eigenvalue weighted by Crippen LogP contribution is 2.35. The Morgan fingerprint density at radius 2 is 1.09 bits per heavy atom. The summed E-state index contributed by atoms with van der Waals surface area (Å²) in [7, 11) is 0. The smallest absolute Gasteiger partial charge is 0.217 e. The predicted octanol–water partition coefficient (Wildman–Crippen LogP) is -7.55. The molecule has 0 saturated carbocycles. The minimum Gasteiger partial charge on any atom is -0.394 e. The van der Waals surface area contributed by atoms with Gasteiger partial charge in [0.25, 0.3) is 0 Å². The van der Waals surface area contributed by atoms with Gasteiger partial charge in [-0.15, -0.1) is 0 Å². The molecule has 0 aromatic heterocycles. The van der Waals surface area contributed by atoms with Gasteiger partial charge < -0.3 is 94.6 Å². The molecule has 0 aromatic carbocycles. The lowest BCUT2D eigenvalue weighted by Gasteiger charge is -2.50. The number of hydrogen-bond acceptors (Lipinski definition) is 19. The number of rotatable bonds is 9. The molecular formula is C26H45NO19. The van der Waals surface area contributed by atoms with Crippen molar-refractivity contribution in [1.82, 2.24) is 5.32 Å². The predicted molar refractivity (Wildman–Crippen MR) is 143 cm³/mol. The summed E-state index contributed by atoms with van der Waals surface area (Å²) in [6.07, 6.45) is -31.4. The maximum absolute atomic E-state index is 12.0. The summed E-state index contributed by atoms with van der Waals surface area (Å²) in [6, 6.07) is -1.52. The third kappa shape index (κ3) is 7.64. The van der Waals surface area contributed by atoms with Gasteiger partial charge in [0.2, 0.25) is 5.91 Å². The molecular weight excluding hydrogens is 630 g/mol. The summed E-state index contributed by atoms with van der Waals surface area (Å²) in [5, 5.41) is 117. The van der Waals surface area contributed by atoms with Crippen LogP contribution in [0, 0.1) is 0 Å². The van der Waals surface area contributed by atoms with E-state index in [4.69, 9.17) is 33.2 Å². The molecule has 4 aliphatic rings. The Kier molecular flexibility index (Phi) is 12.7. The molecule has 0 spiro atoms. The van der Waals surface area contributed by atoms with Crippen LogP contribution in [-0.2, 0) is 38.0 Å². The van der Waals surface area contributed by atoms with Gasteiger partial charge >= 0.3 is 0 Å². The first-order valence-electron chi connectivity index (χ1n) is 14.8. The third-order valence-corrected chi connectivity index (χ3v) is 8.53. The zero-order valence-electron chi connectivity index (χ0n) is 25.1. The van der Waals surface area contributed by atoms with Gasteiger partial charge in [-0.05, 0) is 13.8 Å². The fraction of sp³-hybridized carbons (Fsp3) is 0.962. The average Bonchev–Trinajstić information content (AvgIpc) is 3.01. The van der Waals surface area contributed by atoms with Crippen molar-refractivity contribution in [1.29, 1.82) is 0 Å². The molecule has 20 heteroatoms. The van der Waals surface area contributed by atoms with Crippen LogP contribution in [0.2, 0.25) is 0 Å². The Balaban J connectivity index is 1.71. The van der Waals surface area contributed by atoms with Crippen LogP contribution in [0.25, 0.3) is 0 Å². The molecule has 4 heterocycles. The van der Waals surface area contributed by atoms with Crippen molar-refractivity contribution in [2.45, 2.75) is 144 Å². The Bertz CT molecular complexity index is 995. The first-order valence-corrected chi connectivity index (χ1v) is 14.8. The number of aliphatic hydroxyl groups is 11. The molecule has 268 valence electrons. The van der Waals surface area contributed by atoms with Gasteiger partial charge in [0.15, 0.2) is 25.2 Å². The lowest BCUT2D eigenvalue weighted by atomic mass is 9.95. The third-order valence-electron chi connectivity index (χ3n) is 8.53. The number of carbonyl (C=O) groups is 1. The highest BCUT2D eigenvalue weighted by Gasteiger charge is 2.56. The van der Waals surface area contributed by atoms with E-state index in [-0.39, 0.29) is 0 Å². The van der Waals surface area contributed by atoms with Crippen LogP contribution in [-0.4, -0.2) is 198 Å². The number of ether oxygens (including phenoxy) is 7. The summed E-state index contributed by atoms with van der Waals surface area (Å²) in [5.74, 6) is -0.694. The van der Waals surface area contributed by atoms with Gasteiger partial charge in [0.05, 0.1) is 25.4 Å². The van der Waals surface area contributed by atoms with Crippen LogP contribution < -0.4 is 5.32 Å². The molecule has 20 atom stereocenters. The van der Waals surface area contributed by atoms with Crippen LogP contribution in [0.15, 0.2) is 0 Å². The van der Waals surface area contributed by atoms with Crippen molar-refractivity contribution in [3.63, 3.8) is 0 Å². The van der Waals surface area contributed by atoms with E-state index >= 15 is 0 Å². The number of aliphatic hydroxyl groups excluding tert-OH is 11. The van der Waals surface area contributed by atoms with Crippen LogP contribution in [0.1, 0.15) is 20.8 Å². The molecule has 0 aliphatic carbocycles. The average molecular weight is 676 g/mol. The van der Waals surface area contributed by atoms with Crippen molar-refractivity contribution in [3.8, 4) is 0 Å². The molecule has 4 rings (SSSR count). The normalized spacial score (nSPS) is 51.9. The minimum absolute atomic E-state index is 0.694. The van der Waals surface area contributed by atoms with E-state index in [1.165, 1.54) is 13.8 Å². The number of carbonyl (C=O) groups excluding carboxylic acids is 1. The molecule has 4 fully saturated rings. The van der Waals surface area contributed by atoms with Crippen LogP contribution in [0.3, 0.4) is 0 Å². The maximum Gasteiger partial charge on any atom is 0.217 e. The molecule has 0 bridgehead atoms. The van der Waals surface area contributed by atoms with E-state index < -0.39 is 142 Å². The Morgan fingerprint density at radius 3 is 1.67 bits per heavy atom. The van der Waals surface area contributed by atoms with E-state index in [1.807, 2.05) is 0 Å². The minimum atomic E-state index is -1.94. The number of nitrogens with one attached hydrogen (secondary N) is 1. The van der Waals surface area contributed by atoms with E-state index in [0.29, 0.717) is 0 Å². The van der Waals surface area contributed by atoms with Gasteiger partial charge in [-0.25, -0.2) is 0 Å². The topological polar surface area (TPSA) is 316 Å². The molecule has 12 N–H and O–H groups in total. The van der Waals surface area contributed by atoms with Gasteiger partial charge in [-0.2, -0.15) is 0 Å². The second-order valence-electron chi connectivity index (χ2n) is 11.8. The summed E-state index contributed by atoms with van der Waals surface area (Å²) in [6.45, 7) is 2.22. The molecule has 0 aromatic rings. The maximum atomic E-state index is 12.0. The lowest BCUT2D eigenvalue weighted by molar-refractivity contribution is -0.400. The highest BCUT2D eigenvalue weighted by atomic mass is 16.8. The standard InChI is InChI=1S/C26H45NO19/c1-6-12(31)18(37)21(23(39)40-6)45-26-22(46-24-11(27-8(3)30)16(35)14(33)9(4-28)42-24)20(13(32)7(2)41-26)44-25-19(38)17(36)15(34)10(5-29)43-25/h6-7,9-26,28-29,31-39H,4-5H2,1-3H3,(H,27,30)/t6?,7?,9?,10-,11-,12-,13-,14+,15+,16?,17?,18?,19?,20?,21-,22-,23+,24-,25+,26-/m0/s1. The quantitative estimate of drug-likeness (QED) is 0.108. The molecule has 20 nitrogen and oxygen atoms in total. The Labute approximate surface area is 262 Å². The van der Waals surface area contributed by atoms with Crippen LogP contribution in [0.4, 0.5) is 0 Å². The van der Waals surface area contributed by atoms with E-state index in [2.05, 4.69) is 5.32 Å². The van der Waals surface area contributed by atoms with E-state index in [9.17, 15) is 61.0 Å². The van der Waals surface area contributed by atoms with Crippen molar-refractivity contribution in [2.75, 3.05) is 13.2 Å². The molecule has 0 radical (unpaired) electrons. The van der Waals surface area contributed by atoms with Crippen molar-refractivity contribution in [3.05, 3.63) is 0 Å². The lowest BCUT2D eigenvalue weighted by Crippen LogP contribution is -2.69. The molecule has 8 unspecified atom stereocenters. The van der Waals surface area contributed by atoms with E-state index in [1.54, 1.807) is 0 Å². The monoisotopic (exact) mass is 675 g/mol. The molecule has 1 amide bonds.